The first-order valence-corrected chi connectivity index (χ1v) is 9.14. The fourth-order valence-electron chi connectivity index (χ4n) is 3.26. The van der Waals surface area contributed by atoms with E-state index in [-0.39, 0.29) is 5.54 Å². The summed E-state index contributed by atoms with van der Waals surface area (Å²) in [5.41, 5.74) is 7.55. The van der Waals surface area contributed by atoms with Crippen molar-refractivity contribution in [2.45, 2.75) is 44.5 Å². The minimum atomic E-state index is -1.19. The first-order chi connectivity index (χ1) is 11.5. The van der Waals surface area contributed by atoms with E-state index < -0.39 is 7.12 Å². The van der Waals surface area contributed by atoms with Crippen LogP contribution in [0.2, 0.25) is 6.32 Å². The first-order valence-electron chi connectivity index (χ1n) is 9.14. The molecule has 0 spiro atoms. The van der Waals surface area contributed by atoms with Gasteiger partial charge in [0, 0.05) is 44.0 Å². The Morgan fingerprint density at radius 3 is 2.33 bits per heavy atom. The second-order valence-electron chi connectivity index (χ2n) is 7.29. The van der Waals surface area contributed by atoms with E-state index in [4.69, 9.17) is 15.8 Å². The maximum Gasteiger partial charge on any atom is 0.451 e. The van der Waals surface area contributed by atoms with Crippen molar-refractivity contribution in [2.75, 3.05) is 37.6 Å². The Labute approximate surface area is 146 Å². The molecule has 1 aliphatic rings. The van der Waals surface area contributed by atoms with Gasteiger partial charge in [-0.05, 0) is 38.2 Å². The Kier molecular flexibility index (Phi) is 7.56. The molecule has 24 heavy (non-hydrogen) atoms. The third kappa shape index (κ3) is 6.81. The maximum atomic E-state index is 8.87. The van der Waals surface area contributed by atoms with E-state index in [2.05, 4.69) is 47.1 Å². The Hall–Kier alpha value is -1.08. The van der Waals surface area contributed by atoms with Gasteiger partial charge >= 0.3 is 7.12 Å². The molecule has 134 valence electrons. The molecular formula is C18H32BN3O2. The molecule has 1 unspecified atom stereocenters. The van der Waals surface area contributed by atoms with Crippen LogP contribution in [0.4, 0.5) is 5.69 Å². The van der Waals surface area contributed by atoms with Crippen molar-refractivity contribution in [3.63, 3.8) is 0 Å². The summed E-state index contributed by atoms with van der Waals surface area (Å²) < 4.78 is 0. The zero-order valence-corrected chi connectivity index (χ0v) is 14.9. The van der Waals surface area contributed by atoms with Gasteiger partial charge in [-0.1, -0.05) is 31.0 Å². The number of hydrogen-bond donors (Lipinski definition) is 3. The highest BCUT2D eigenvalue weighted by Crippen LogP contribution is 2.19. The Bertz CT molecular complexity index is 463. The van der Waals surface area contributed by atoms with Gasteiger partial charge in [-0.3, -0.25) is 4.90 Å². The summed E-state index contributed by atoms with van der Waals surface area (Å²) in [6, 6.07) is 10.6. The van der Waals surface area contributed by atoms with Gasteiger partial charge in [0.15, 0.2) is 0 Å². The van der Waals surface area contributed by atoms with Gasteiger partial charge in [0.2, 0.25) is 0 Å². The van der Waals surface area contributed by atoms with Crippen LogP contribution in [-0.4, -0.2) is 60.3 Å². The second kappa shape index (κ2) is 9.42. The van der Waals surface area contributed by atoms with E-state index in [9.17, 15) is 0 Å². The zero-order chi connectivity index (χ0) is 17.4. The first kappa shape index (κ1) is 19.3. The largest absolute Gasteiger partial charge is 0.451 e. The molecule has 0 amide bonds. The summed E-state index contributed by atoms with van der Waals surface area (Å²) in [6.07, 6.45) is 4.13. The molecule has 1 aromatic carbocycles. The van der Waals surface area contributed by atoms with Gasteiger partial charge in [-0.2, -0.15) is 0 Å². The third-order valence-corrected chi connectivity index (χ3v) is 4.95. The van der Waals surface area contributed by atoms with Crippen molar-refractivity contribution < 1.29 is 10.0 Å². The minimum Gasteiger partial charge on any atom is -0.427 e. The molecule has 0 bridgehead atoms. The van der Waals surface area contributed by atoms with Crippen LogP contribution in [0.5, 0.6) is 0 Å². The highest BCUT2D eigenvalue weighted by Gasteiger charge is 2.22. The molecule has 1 aromatic rings. The fraction of sp³-hybridized carbons (Fsp3) is 0.667. The SMILES string of the molecule is CC(N)(CCCCB(O)O)CCN1CCN(c2ccccc2)CC1. The average Bonchev–Trinajstić information content (AvgIpc) is 2.58. The van der Waals surface area contributed by atoms with Crippen LogP contribution < -0.4 is 10.6 Å². The zero-order valence-electron chi connectivity index (χ0n) is 14.9. The number of rotatable bonds is 9. The molecule has 0 aromatic heterocycles. The number of benzene rings is 1. The van der Waals surface area contributed by atoms with Crippen LogP contribution in [0, 0.1) is 0 Å². The van der Waals surface area contributed by atoms with Crippen molar-refractivity contribution in [3.8, 4) is 0 Å². The molecule has 1 heterocycles. The Morgan fingerprint density at radius 1 is 1.04 bits per heavy atom. The Balaban J connectivity index is 1.64. The van der Waals surface area contributed by atoms with Gasteiger partial charge in [0.05, 0.1) is 0 Å². The minimum absolute atomic E-state index is 0.170. The lowest BCUT2D eigenvalue weighted by Crippen LogP contribution is -2.48. The van der Waals surface area contributed by atoms with Gasteiger partial charge < -0.3 is 20.7 Å². The second-order valence-corrected chi connectivity index (χ2v) is 7.29. The van der Waals surface area contributed by atoms with Crippen molar-refractivity contribution in [1.82, 2.24) is 4.90 Å². The van der Waals surface area contributed by atoms with E-state index in [1.807, 2.05) is 0 Å². The molecule has 1 saturated heterocycles. The van der Waals surface area contributed by atoms with Gasteiger partial charge in [-0.15, -0.1) is 0 Å². The summed E-state index contributed by atoms with van der Waals surface area (Å²) in [7, 11) is -1.19. The maximum absolute atomic E-state index is 8.87. The monoisotopic (exact) mass is 333 g/mol. The van der Waals surface area contributed by atoms with Crippen LogP contribution in [0.3, 0.4) is 0 Å². The molecule has 1 atom stereocenters. The molecule has 5 nitrogen and oxygen atoms in total. The van der Waals surface area contributed by atoms with E-state index in [1.54, 1.807) is 0 Å². The predicted molar refractivity (Wildman–Crippen MR) is 101 cm³/mol. The van der Waals surface area contributed by atoms with Crippen LogP contribution >= 0.6 is 0 Å². The van der Waals surface area contributed by atoms with Crippen molar-refractivity contribution in [1.29, 1.82) is 0 Å². The lowest BCUT2D eigenvalue weighted by atomic mass is 9.82. The van der Waals surface area contributed by atoms with Crippen molar-refractivity contribution in [3.05, 3.63) is 30.3 Å². The number of para-hydroxylation sites is 1. The standard InChI is InChI=1S/C18H32BN3O2/c1-18(20,9-5-6-11-19(23)24)10-12-21-13-15-22(16-14-21)17-7-3-2-4-8-17/h2-4,7-8,23-24H,5-6,9-16,20H2,1H3. The van der Waals surface area contributed by atoms with Crippen molar-refractivity contribution in [2.24, 2.45) is 5.73 Å². The number of unbranched alkanes of at least 4 members (excludes halogenated alkanes) is 1. The van der Waals surface area contributed by atoms with Gasteiger partial charge in [0.1, 0.15) is 0 Å². The topological polar surface area (TPSA) is 73.0 Å². The number of hydrogen-bond acceptors (Lipinski definition) is 5. The average molecular weight is 333 g/mol. The van der Waals surface area contributed by atoms with E-state index in [1.165, 1.54) is 5.69 Å². The van der Waals surface area contributed by atoms with Crippen molar-refractivity contribution >= 4 is 12.8 Å². The molecular weight excluding hydrogens is 301 g/mol. The van der Waals surface area contributed by atoms with E-state index >= 15 is 0 Å². The summed E-state index contributed by atoms with van der Waals surface area (Å²) in [5.74, 6) is 0. The molecule has 0 radical (unpaired) electrons. The van der Waals surface area contributed by atoms with Gasteiger partial charge in [-0.25, -0.2) is 0 Å². The van der Waals surface area contributed by atoms with Gasteiger partial charge in [0.25, 0.3) is 0 Å². The molecule has 0 aliphatic carbocycles. The highest BCUT2D eigenvalue weighted by atomic mass is 16.4. The third-order valence-electron chi connectivity index (χ3n) is 4.95. The summed E-state index contributed by atoms with van der Waals surface area (Å²) in [4.78, 5) is 4.94. The molecule has 0 saturated carbocycles. The molecule has 2 rings (SSSR count). The molecule has 1 aliphatic heterocycles. The smallest absolute Gasteiger partial charge is 0.427 e. The number of nitrogens with two attached hydrogens (primary N) is 1. The van der Waals surface area contributed by atoms with E-state index in [0.717, 1.165) is 58.4 Å². The van der Waals surface area contributed by atoms with Crippen LogP contribution in [0.25, 0.3) is 0 Å². The number of nitrogens with zero attached hydrogens (tertiary/aromatic N) is 2. The highest BCUT2D eigenvalue weighted by molar-refractivity contribution is 6.40. The van der Waals surface area contributed by atoms with E-state index in [0.29, 0.717) is 6.32 Å². The molecule has 1 fully saturated rings. The molecule has 4 N–H and O–H groups in total. The van der Waals surface area contributed by atoms with Crippen LogP contribution in [0.15, 0.2) is 30.3 Å². The summed E-state index contributed by atoms with van der Waals surface area (Å²) >= 11 is 0. The number of piperazine rings is 1. The predicted octanol–water partition coefficient (Wildman–Crippen LogP) is 1.56. The fourth-order valence-corrected chi connectivity index (χ4v) is 3.26. The summed E-state index contributed by atoms with van der Waals surface area (Å²) in [5, 5.41) is 17.7. The quantitative estimate of drug-likeness (QED) is 0.472. The summed E-state index contributed by atoms with van der Waals surface area (Å²) in [6.45, 7) is 7.46. The lowest BCUT2D eigenvalue weighted by Gasteiger charge is -2.37. The Morgan fingerprint density at radius 2 is 1.71 bits per heavy atom. The molecule has 6 heteroatoms. The van der Waals surface area contributed by atoms with Crippen LogP contribution in [0.1, 0.15) is 32.6 Å². The normalized spacial score (nSPS) is 18.4. The number of anilines is 1. The van der Waals surface area contributed by atoms with Crippen LogP contribution in [-0.2, 0) is 0 Å². The lowest BCUT2D eigenvalue weighted by molar-refractivity contribution is 0.226.